The van der Waals surface area contributed by atoms with Gasteiger partial charge in [0.05, 0.1) is 11.9 Å². The first kappa shape index (κ1) is 17.7. The third-order valence-electron chi connectivity index (χ3n) is 5.16. The number of nitrogens with one attached hydrogen (secondary N) is 1. The smallest absolute Gasteiger partial charge is 0.260 e. The topological polar surface area (TPSA) is 75.0 Å². The molecule has 2 aromatic heterocycles. The number of nitrogens with zero attached hydrogens (tertiary/aromatic N) is 2. The van der Waals surface area contributed by atoms with E-state index in [4.69, 9.17) is 22.3 Å². The molecule has 1 fully saturated rings. The zero-order valence-corrected chi connectivity index (χ0v) is 16.2. The number of rotatable bonds is 4. The Bertz CT molecular complexity index is 1010. The SMILES string of the molecule is CC1(CN)CCN(Cc2nc3scc(-c4ccccc4Cl)c3c(=O)[nH]2)C1. The van der Waals surface area contributed by atoms with Crippen LogP contribution in [-0.2, 0) is 6.54 Å². The molecule has 7 heteroatoms. The Labute approximate surface area is 160 Å². The van der Waals surface area contributed by atoms with Crippen LogP contribution in [0.3, 0.4) is 0 Å². The lowest BCUT2D eigenvalue weighted by atomic mass is 9.90. The minimum Gasteiger partial charge on any atom is -0.330 e. The van der Waals surface area contributed by atoms with Gasteiger partial charge >= 0.3 is 0 Å². The Kier molecular flexibility index (Phi) is 4.61. The van der Waals surface area contributed by atoms with E-state index in [1.54, 1.807) is 0 Å². The highest BCUT2D eigenvalue weighted by atomic mass is 35.5. The number of benzene rings is 1. The monoisotopic (exact) mass is 388 g/mol. The molecule has 3 N–H and O–H groups in total. The number of halogens is 1. The minimum absolute atomic E-state index is 0.109. The zero-order chi connectivity index (χ0) is 18.3. The number of likely N-dealkylation sites (tertiary alicyclic amines) is 1. The Morgan fingerprint density at radius 1 is 1.38 bits per heavy atom. The number of fused-ring (bicyclic) bond motifs is 1. The number of aromatic nitrogens is 2. The molecule has 0 radical (unpaired) electrons. The van der Waals surface area contributed by atoms with Crippen molar-refractivity contribution in [2.24, 2.45) is 11.1 Å². The quantitative estimate of drug-likeness (QED) is 0.717. The van der Waals surface area contributed by atoms with Crippen LogP contribution in [0.2, 0.25) is 5.02 Å². The van der Waals surface area contributed by atoms with Crippen LogP contribution >= 0.6 is 22.9 Å². The normalized spacial score (nSPS) is 20.9. The molecule has 26 heavy (non-hydrogen) atoms. The fraction of sp³-hybridized carbons (Fsp3) is 0.368. The van der Waals surface area contributed by atoms with Gasteiger partial charge < -0.3 is 10.7 Å². The Hall–Kier alpha value is -1.73. The molecule has 3 aromatic rings. The van der Waals surface area contributed by atoms with Gasteiger partial charge in [0, 0.05) is 28.1 Å². The molecule has 0 aliphatic carbocycles. The van der Waals surface area contributed by atoms with Gasteiger partial charge in [-0.3, -0.25) is 9.69 Å². The van der Waals surface area contributed by atoms with E-state index in [0.29, 0.717) is 29.3 Å². The molecule has 1 aliphatic rings. The van der Waals surface area contributed by atoms with Gasteiger partial charge in [0.2, 0.25) is 0 Å². The third kappa shape index (κ3) is 3.18. The largest absolute Gasteiger partial charge is 0.330 e. The molecule has 1 saturated heterocycles. The second kappa shape index (κ2) is 6.78. The second-order valence-corrected chi connectivity index (χ2v) is 8.56. The van der Waals surface area contributed by atoms with Crippen LogP contribution in [0.4, 0.5) is 0 Å². The van der Waals surface area contributed by atoms with Crippen LogP contribution in [0.15, 0.2) is 34.4 Å². The molecule has 5 nitrogen and oxygen atoms in total. The van der Waals surface area contributed by atoms with Gasteiger partial charge in [-0.25, -0.2) is 4.98 Å². The Morgan fingerprint density at radius 3 is 2.92 bits per heavy atom. The maximum atomic E-state index is 12.8. The van der Waals surface area contributed by atoms with Crippen molar-refractivity contribution in [1.29, 1.82) is 0 Å². The molecule has 0 saturated carbocycles. The van der Waals surface area contributed by atoms with E-state index in [2.05, 4.69) is 16.8 Å². The van der Waals surface area contributed by atoms with Crippen molar-refractivity contribution in [1.82, 2.24) is 14.9 Å². The number of hydrogen-bond donors (Lipinski definition) is 2. The van der Waals surface area contributed by atoms with Crippen molar-refractivity contribution in [2.75, 3.05) is 19.6 Å². The van der Waals surface area contributed by atoms with E-state index < -0.39 is 0 Å². The highest BCUT2D eigenvalue weighted by Gasteiger charge is 2.32. The lowest BCUT2D eigenvalue weighted by Gasteiger charge is -2.22. The summed E-state index contributed by atoms with van der Waals surface area (Å²) in [5, 5.41) is 3.20. The summed E-state index contributed by atoms with van der Waals surface area (Å²) in [6.45, 7) is 5.44. The molecular formula is C19H21ClN4OS. The van der Waals surface area contributed by atoms with E-state index in [0.717, 1.165) is 35.5 Å². The molecule has 1 aliphatic heterocycles. The first-order chi connectivity index (χ1) is 12.5. The number of thiophene rings is 1. The molecule has 3 heterocycles. The first-order valence-electron chi connectivity index (χ1n) is 8.67. The average molecular weight is 389 g/mol. The molecule has 0 spiro atoms. The Balaban J connectivity index is 1.67. The molecular weight excluding hydrogens is 368 g/mol. The molecule has 1 aromatic carbocycles. The van der Waals surface area contributed by atoms with Crippen LogP contribution in [0.5, 0.6) is 0 Å². The van der Waals surface area contributed by atoms with Crippen molar-refractivity contribution >= 4 is 33.2 Å². The van der Waals surface area contributed by atoms with Crippen molar-refractivity contribution in [3.8, 4) is 11.1 Å². The first-order valence-corrected chi connectivity index (χ1v) is 9.92. The van der Waals surface area contributed by atoms with E-state index in [1.807, 2.05) is 29.6 Å². The van der Waals surface area contributed by atoms with Crippen LogP contribution < -0.4 is 11.3 Å². The van der Waals surface area contributed by atoms with Gasteiger partial charge in [0.25, 0.3) is 5.56 Å². The fourth-order valence-corrected chi connectivity index (χ4v) is 4.78. The van der Waals surface area contributed by atoms with Gasteiger partial charge in [-0.2, -0.15) is 0 Å². The fourth-order valence-electron chi connectivity index (χ4n) is 3.59. The molecule has 0 amide bonds. The number of aromatic amines is 1. The summed E-state index contributed by atoms with van der Waals surface area (Å²) in [6.07, 6.45) is 1.08. The summed E-state index contributed by atoms with van der Waals surface area (Å²) in [5.41, 5.74) is 7.63. The van der Waals surface area contributed by atoms with Crippen LogP contribution in [-0.4, -0.2) is 34.5 Å². The maximum Gasteiger partial charge on any atom is 0.260 e. The van der Waals surface area contributed by atoms with Gasteiger partial charge in [-0.05, 0) is 31.0 Å². The summed E-state index contributed by atoms with van der Waals surface area (Å²) in [4.78, 5) is 23.5. The van der Waals surface area contributed by atoms with E-state index >= 15 is 0 Å². The molecule has 0 bridgehead atoms. The van der Waals surface area contributed by atoms with Crippen LogP contribution in [0.1, 0.15) is 19.2 Å². The Morgan fingerprint density at radius 2 is 2.19 bits per heavy atom. The average Bonchev–Trinajstić information content (AvgIpc) is 3.20. The van der Waals surface area contributed by atoms with Crippen molar-refractivity contribution in [3.05, 3.63) is 50.8 Å². The van der Waals surface area contributed by atoms with Crippen LogP contribution in [0.25, 0.3) is 21.3 Å². The van der Waals surface area contributed by atoms with E-state index in [1.165, 1.54) is 11.3 Å². The number of nitrogens with two attached hydrogens (primary N) is 1. The van der Waals surface area contributed by atoms with Crippen molar-refractivity contribution in [2.45, 2.75) is 19.9 Å². The van der Waals surface area contributed by atoms with Gasteiger partial charge in [0.15, 0.2) is 0 Å². The lowest BCUT2D eigenvalue weighted by Crippen LogP contribution is -2.31. The van der Waals surface area contributed by atoms with Crippen molar-refractivity contribution in [3.63, 3.8) is 0 Å². The zero-order valence-electron chi connectivity index (χ0n) is 14.6. The summed E-state index contributed by atoms with van der Waals surface area (Å²) in [6, 6.07) is 7.56. The molecule has 1 atom stereocenters. The van der Waals surface area contributed by atoms with Gasteiger partial charge in [-0.1, -0.05) is 36.7 Å². The summed E-state index contributed by atoms with van der Waals surface area (Å²) in [5.74, 6) is 0.705. The molecule has 4 rings (SSSR count). The predicted octanol–water partition coefficient (Wildman–Crippen LogP) is 3.48. The second-order valence-electron chi connectivity index (χ2n) is 7.30. The summed E-state index contributed by atoms with van der Waals surface area (Å²) >= 11 is 7.79. The van der Waals surface area contributed by atoms with Gasteiger partial charge in [0.1, 0.15) is 10.7 Å². The summed E-state index contributed by atoms with van der Waals surface area (Å²) < 4.78 is 0. The van der Waals surface area contributed by atoms with Gasteiger partial charge in [-0.15, -0.1) is 11.3 Å². The lowest BCUT2D eigenvalue weighted by molar-refractivity contribution is 0.269. The highest BCUT2D eigenvalue weighted by molar-refractivity contribution is 7.17. The molecule has 136 valence electrons. The van der Waals surface area contributed by atoms with Crippen LogP contribution in [0, 0.1) is 5.41 Å². The number of H-pyrrole nitrogens is 1. The standard InChI is InChI=1S/C19H21ClN4OS/c1-19(10-21)6-7-24(11-19)8-15-22-17(25)16-13(9-26-18(16)23-15)12-4-2-3-5-14(12)20/h2-5,9H,6-8,10-11,21H2,1H3,(H,22,23,25). The predicted molar refractivity (Wildman–Crippen MR) is 108 cm³/mol. The highest BCUT2D eigenvalue weighted by Crippen LogP contribution is 2.35. The van der Waals surface area contributed by atoms with E-state index in [-0.39, 0.29) is 11.0 Å². The third-order valence-corrected chi connectivity index (χ3v) is 6.36. The van der Waals surface area contributed by atoms with E-state index in [9.17, 15) is 4.79 Å². The van der Waals surface area contributed by atoms with Crippen molar-refractivity contribution < 1.29 is 0 Å². The number of hydrogen-bond acceptors (Lipinski definition) is 5. The maximum absolute atomic E-state index is 12.8. The minimum atomic E-state index is -0.109. The molecule has 1 unspecified atom stereocenters. The summed E-state index contributed by atoms with van der Waals surface area (Å²) in [7, 11) is 0.